The number of aryl methyl sites for hydroxylation is 1. The molecule has 9 heteroatoms. The first kappa shape index (κ1) is 16.9. The molecule has 0 unspecified atom stereocenters. The number of benzene rings is 2. The zero-order valence-electron chi connectivity index (χ0n) is 11.4. The first-order chi connectivity index (χ1) is 10.1. The van der Waals surface area contributed by atoms with Crippen LogP contribution in [0.3, 0.4) is 0 Å². The number of halogens is 1. The summed E-state index contributed by atoms with van der Waals surface area (Å²) in [6.45, 7) is 1.83. The van der Waals surface area contributed by atoms with Gasteiger partial charge in [-0.25, -0.2) is 22.0 Å². The van der Waals surface area contributed by atoms with E-state index in [0.29, 0.717) is 0 Å². The summed E-state index contributed by atoms with van der Waals surface area (Å²) in [6.07, 6.45) is 0. The lowest BCUT2D eigenvalue weighted by molar-refractivity contribution is 0.597. The zero-order valence-corrected chi connectivity index (χ0v) is 14.7. The molecule has 2 rings (SSSR count). The number of nitrogens with one attached hydrogen (secondary N) is 1. The van der Waals surface area contributed by atoms with E-state index in [4.69, 9.17) is 5.14 Å². The summed E-state index contributed by atoms with van der Waals surface area (Å²) in [7, 11) is -8.02. The topological polar surface area (TPSA) is 106 Å². The Balaban J connectivity index is 2.52. The number of hydrogen-bond acceptors (Lipinski definition) is 4. The molecular formula is C13H13BrN2O4S2. The van der Waals surface area contributed by atoms with Crippen molar-refractivity contribution in [2.24, 2.45) is 5.14 Å². The van der Waals surface area contributed by atoms with Crippen LogP contribution in [0.25, 0.3) is 0 Å². The lowest BCUT2D eigenvalue weighted by Crippen LogP contribution is -2.19. The molecule has 0 spiro atoms. The van der Waals surface area contributed by atoms with E-state index in [2.05, 4.69) is 20.7 Å². The van der Waals surface area contributed by atoms with Gasteiger partial charge in [0.05, 0.1) is 10.6 Å². The van der Waals surface area contributed by atoms with Crippen molar-refractivity contribution in [1.82, 2.24) is 0 Å². The summed E-state index contributed by atoms with van der Waals surface area (Å²) in [5, 5.41) is 5.14. The van der Waals surface area contributed by atoms with Crippen LogP contribution in [0.2, 0.25) is 0 Å². The summed E-state index contributed by atoms with van der Waals surface area (Å²) in [5.41, 5.74) is 0.795. The molecule has 118 valence electrons. The third-order valence-corrected chi connectivity index (χ3v) is 6.14. The highest BCUT2D eigenvalue weighted by Gasteiger charge is 2.22. The summed E-state index contributed by atoms with van der Waals surface area (Å²) in [6, 6.07) is 10.5. The van der Waals surface area contributed by atoms with Gasteiger partial charge >= 0.3 is 0 Å². The minimum Gasteiger partial charge on any atom is -0.278 e. The Labute approximate surface area is 137 Å². The standard InChI is InChI=1S/C13H13BrN2O4S2/c1-9-5-7-10(8-6-9)22(19,20)16-12-4-2-3-11(14)13(12)21(15,17)18/h2-8,16H,1H3,(H2,15,17,18). The highest BCUT2D eigenvalue weighted by Crippen LogP contribution is 2.30. The molecule has 6 nitrogen and oxygen atoms in total. The van der Waals surface area contributed by atoms with Crippen LogP contribution in [0.15, 0.2) is 56.7 Å². The molecule has 0 aliphatic heterocycles. The minimum atomic E-state index is -4.10. The minimum absolute atomic E-state index is 0.0263. The van der Waals surface area contributed by atoms with Gasteiger partial charge in [-0.05, 0) is 47.1 Å². The maximum atomic E-state index is 12.3. The summed E-state index contributed by atoms with van der Waals surface area (Å²) >= 11 is 3.06. The molecule has 2 aromatic carbocycles. The first-order valence-corrected chi connectivity index (χ1v) is 9.84. The molecule has 0 aromatic heterocycles. The van der Waals surface area contributed by atoms with Gasteiger partial charge in [-0.3, -0.25) is 4.72 Å². The summed E-state index contributed by atoms with van der Waals surface area (Å²) in [4.78, 5) is -0.288. The van der Waals surface area contributed by atoms with Crippen LogP contribution in [0.5, 0.6) is 0 Å². The van der Waals surface area contributed by atoms with Crippen molar-refractivity contribution in [3.8, 4) is 0 Å². The third kappa shape index (κ3) is 3.67. The molecule has 0 fully saturated rings. The van der Waals surface area contributed by atoms with Gasteiger partial charge in [-0.15, -0.1) is 0 Å². The molecule has 0 bridgehead atoms. The number of primary sulfonamides is 1. The SMILES string of the molecule is Cc1ccc(S(=O)(=O)Nc2cccc(Br)c2S(N)(=O)=O)cc1. The van der Waals surface area contributed by atoms with Crippen molar-refractivity contribution in [3.05, 3.63) is 52.5 Å². The summed E-state index contributed by atoms with van der Waals surface area (Å²) in [5.74, 6) is 0. The first-order valence-electron chi connectivity index (χ1n) is 6.02. The van der Waals surface area contributed by atoms with Gasteiger partial charge in [0.15, 0.2) is 0 Å². The van der Waals surface area contributed by atoms with E-state index in [1.165, 1.54) is 30.3 Å². The average Bonchev–Trinajstić information content (AvgIpc) is 2.37. The smallest absolute Gasteiger partial charge is 0.261 e. The fourth-order valence-corrected chi connectivity index (χ4v) is 4.74. The van der Waals surface area contributed by atoms with Gasteiger partial charge < -0.3 is 0 Å². The van der Waals surface area contributed by atoms with Crippen LogP contribution < -0.4 is 9.86 Å². The van der Waals surface area contributed by atoms with Crippen LogP contribution in [-0.4, -0.2) is 16.8 Å². The van der Waals surface area contributed by atoms with E-state index in [-0.39, 0.29) is 20.0 Å². The fourth-order valence-electron chi connectivity index (χ4n) is 1.80. The van der Waals surface area contributed by atoms with Gasteiger partial charge in [0.2, 0.25) is 10.0 Å². The predicted octanol–water partition coefficient (Wildman–Crippen LogP) is 2.21. The molecule has 0 saturated heterocycles. The van der Waals surface area contributed by atoms with E-state index in [1.807, 2.05) is 6.92 Å². The molecule has 0 saturated carbocycles. The largest absolute Gasteiger partial charge is 0.278 e. The predicted molar refractivity (Wildman–Crippen MR) is 87.5 cm³/mol. The second-order valence-electron chi connectivity index (χ2n) is 4.58. The Morgan fingerprint density at radius 3 is 2.14 bits per heavy atom. The zero-order chi connectivity index (χ0) is 16.5. The number of sulfonamides is 2. The maximum Gasteiger partial charge on any atom is 0.261 e. The number of nitrogens with two attached hydrogens (primary N) is 1. The van der Waals surface area contributed by atoms with Crippen LogP contribution in [0, 0.1) is 6.92 Å². The van der Waals surface area contributed by atoms with Gasteiger partial charge in [-0.2, -0.15) is 0 Å². The fraction of sp³-hybridized carbons (Fsp3) is 0.0769. The second kappa shape index (κ2) is 5.99. The Kier molecular flexibility index (Phi) is 4.62. The Morgan fingerprint density at radius 2 is 1.59 bits per heavy atom. The second-order valence-corrected chi connectivity index (χ2v) is 8.62. The van der Waals surface area contributed by atoms with Gasteiger partial charge in [-0.1, -0.05) is 23.8 Å². The van der Waals surface area contributed by atoms with Crippen LogP contribution >= 0.6 is 15.9 Å². The van der Waals surface area contributed by atoms with E-state index < -0.39 is 20.0 Å². The summed E-state index contributed by atoms with van der Waals surface area (Å²) < 4.78 is 50.4. The molecule has 0 aliphatic carbocycles. The van der Waals surface area contributed by atoms with Crippen LogP contribution in [0.1, 0.15) is 5.56 Å². The molecule has 2 aromatic rings. The van der Waals surface area contributed by atoms with Crippen molar-refractivity contribution in [2.75, 3.05) is 4.72 Å². The Hall–Kier alpha value is -1.42. The van der Waals surface area contributed by atoms with E-state index >= 15 is 0 Å². The third-order valence-electron chi connectivity index (χ3n) is 2.83. The van der Waals surface area contributed by atoms with Gasteiger partial charge in [0.25, 0.3) is 10.0 Å². The monoisotopic (exact) mass is 404 g/mol. The molecule has 22 heavy (non-hydrogen) atoms. The molecule has 3 N–H and O–H groups in total. The van der Waals surface area contributed by atoms with E-state index in [0.717, 1.165) is 5.56 Å². The van der Waals surface area contributed by atoms with E-state index in [9.17, 15) is 16.8 Å². The average molecular weight is 405 g/mol. The quantitative estimate of drug-likeness (QED) is 0.813. The normalized spacial score (nSPS) is 12.1. The molecule has 0 heterocycles. The molecule has 0 radical (unpaired) electrons. The van der Waals surface area contributed by atoms with Crippen molar-refractivity contribution in [3.63, 3.8) is 0 Å². The van der Waals surface area contributed by atoms with Crippen molar-refractivity contribution >= 4 is 41.7 Å². The van der Waals surface area contributed by atoms with Crippen molar-refractivity contribution in [2.45, 2.75) is 16.7 Å². The number of anilines is 1. The number of hydrogen-bond donors (Lipinski definition) is 2. The van der Waals surface area contributed by atoms with Crippen LogP contribution in [-0.2, 0) is 20.0 Å². The van der Waals surface area contributed by atoms with Crippen molar-refractivity contribution in [1.29, 1.82) is 0 Å². The molecule has 0 atom stereocenters. The maximum absolute atomic E-state index is 12.3. The van der Waals surface area contributed by atoms with Gasteiger partial charge in [0, 0.05) is 4.47 Å². The Bertz CT molecular complexity index is 908. The van der Waals surface area contributed by atoms with Gasteiger partial charge in [0.1, 0.15) is 4.90 Å². The Morgan fingerprint density at radius 1 is 1.00 bits per heavy atom. The molecular weight excluding hydrogens is 392 g/mol. The van der Waals surface area contributed by atoms with E-state index in [1.54, 1.807) is 12.1 Å². The molecule has 0 amide bonds. The highest BCUT2D eigenvalue weighted by molar-refractivity contribution is 9.10. The van der Waals surface area contributed by atoms with Crippen molar-refractivity contribution < 1.29 is 16.8 Å². The lowest BCUT2D eigenvalue weighted by Gasteiger charge is -2.12. The lowest BCUT2D eigenvalue weighted by atomic mass is 10.2. The number of rotatable bonds is 4. The van der Waals surface area contributed by atoms with Crippen LogP contribution in [0.4, 0.5) is 5.69 Å². The molecule has 0 aliphatic rings. The highest BCUT2D eigenvalue weighted by atomic mass is 79.9.